The molecule has 0 aliphatic carbocycles. The van der Waals surface area contributed by atoms with Crippen molar-refractivity contribution in [1.29, 1.82) is 0 Å². The third-order valence-electron chi connectivity index (χ3n) is 6.00. The summed E-state index contributed by atoms with van der Waals surface area (Å²) in [7, 11) is -3.51. The maximum absolute atomic E-state index is 13.5. The Bertz CT molecular complexity index is 1610. The second kappa shape index (κ2) is 9.25. The summed E-state index contributed by atoms with van der Waals surface area (Å²) >= 11 is 0. The summed E-state index contributed by atoms with van der Waals surface area (Å²) in [6.45, 7) is 1.85. The zero-order chi connectivity index (χ0) is 26.3. The summed E-state index contributed by atoms with van der Waals surface area (Å²) in [5, 5.41) is 8.90. The molecular formula is C26H22N4O6S. The van der Waals surface area contributed by atoms with Gasteiger partial charge in [-0.25, -0.2) is 13.2 Å². The monoisotopic (exact) mass is 518 g/mol. The van der Waals surface area contributed by atoms with Crippen molar-refractivity contribution in [3.05, 3.63) is 83.4 Å². The van der Waals surface area contributed by atoms with Gasteiger partial charge in [-0.3, -0.25) is 14.5 Å². The number of hydrogen-bond donors (Lipinski definition) is 0. The van der Waals surface area contributed by atoms with Gasteiger partial charge in [-0.15, -0.1) is 15.0 Å². The summed E-state index contributed by atoms with van der Waals surface area (Å²) in [5.74, 6) is -2.63. The highest BCUT2D eigenvalue weighted by atomic mass is 32.2. The lowest BCUT2D eigenvalue weighted by atomic mass is 10.1. The highest BCUT2D eigenvalue weighted by Crippen LogP contribution is 2.29. The van der Waals surface area contributed by atoms with Crippen LogP contribution in [0.4, 0.5) is 0 Å². The predicted molar refractivity (Wildman–Crippen MR) is 134 cm³/mol. The van der Waals surface area contributed by atoms with Crippen LogP contribution < -0.4 is 4.74 Å². The van der Waals surface area contributed by atoms with Crippen LogP contribution >= 0.6 is 0 Å². The summed E-state index contributed by atoms with van der Waals surface area (Å²) < 4.78 is 29.5. The van der Waals surface area contributed by atoms with Gasteiger partial charge < -0.3 is 4.74 Å². The first kappa shape index (κ1) is 24.3. The third kappa shape index (κ3) is 4.73. The topological polar surface area (TPSA) is 129 Å². The van der Waals surface area contributed by atoms with Crippen LogP contribution in [0.5, 0.6) is 5.75 Å². The molecule has 0 saturated carbocycles. The Morgan fingerprint density at radius 3 is 2.05 bits per heavy atom. The number of carbonyl (C=O) groups excluding carboxylic acids is 3. The van der Waals surface area contributed by atoms with Crippen LogP contribution in [0.1, 0.15) is 32.7 Å². The van der Waals surface area contributed by atoms with Gasteiger partial charge in [0.25, 0.3) is 11.8 Å². The number of ether oxygens (including phenoxy) is 1. The van der Waals surface area contributed by atoms with Gasteiger partial charge in [0, 0.05) is 6.26 Å². The maximum Gasteiger partial charge on any atom is 0.334 e. The molecule has 4 aromatic rings. The lowest BCUT2D eigenvalue weighted by molar-refractivity contribution is -0.138. The van der Waals surface area contributed by atoms with Crippen molar-refractivity contribution in [2.45, 2.75) is 19.4 Å². The van der Waals surface area contributed by atoms with E-state index in [4.69, 9.17) is 4.74 Å². The lowest BCUT2D eigenvalue weighted by Gasteiger charge is -2.24. The van der Waals surface area contributed by atoms with Gasteiger partial charge in [0.15, 0.2) is 5.75 Å². The fourth-order valence-electron chi connectivity index (χ4n) is 4.18. The highest BCUT2D eigenvalue weighted by Gasteiger charge is 2.43. The molecule has 10 nitrogen and oxygen atoms in total. The number of sulfone groups is 1. The van der Waals surface area contributed by atoms with E-state index in [0.717, 1.165) is 16.7 Å². The van der Waals surface area contributed by atoms with Crippen LogP contribution in [0.15, 0.2) is 66.7 Å². The minimum atomic E-state index is -3.51. The zero-order valence-electron chi connectivity index (χ0n) is 20.0. The molecule has 1 atom stereocenters. The van der Waals surface area contributed by atoms with Gasteiger partial charge in [-0.05, 0) is 55.3 Å². The second-order valence-electron chi connectivity index (χ2n) is 8.83. The molecule has 1 aliphatic heterocycles. The van der Waals surface area contributed by atoms with Gasteiger partial charge in [-0.1, -0.05) is 30.3 Å². The smallest absolute Gasteiger partial charge is 0.334 e. The number of fused-ring (bicyclic) bond motifs is 2. The van der Waals surface area contributed by atoms with Gasteiger partial charge >= 0.3 is 5.97 Å². The Hall–Kier alpha value is -4.38. The number of esters is 1. The lowest BCUT2D eigenvalue weighted by Crippen LogP contribution is -2.47. The van der Waals surface area contributed by atoms with Crippen LogP contribution in [0.3, 0.4) is 0 Å². The van der Waals surface area contributed by atoms with Crippen molar-refractivity contribution in [3.63, 3.8) is 0 Å². The number of benzene rings is 3. The second-order valence-corrected chi connectivity index (χ2v) is 11.1. The molecule has 0 radical (unpaired) electrons. The number of aromatic nitrogens is 3. The van der Waals surface area contributed by atoms with E-state index >= 15 is 0 Å². The van der Waals surface area contributed by atoms with Crippen molar-refractivity contribution < 1.29 is 27.5 Å². The van der Waals surface area contributed by atoms with E-state index in [9.17, 15) is 22.8 Å². The first-order valence-corrected chi connectivity index (χ1v) is 13.5. The van der Waals surface area contributed by atoms with Crippen molar-refractivity contribution in [3.8, 4) is 11.4 Å². The molecule has 2 heterocycles. The molecule has 1 unspecified atom stereocenters. The standard InChI is InChI=1S/C26H22N4O6S/c1-16-11-12-23(22(15-16)30-27-19-9-5-6-10-20(19)28-30)36-26(33)21(13-14-37(2,34)35)29-24(31)17-7-3-4-8-18(17)25(29)32/h3-12,15,21H,13-14H2,1-2H3. The Morgan fingerprint density at radius 1 is 0.919 bits per heavy atom. The number of nitrogens with zero attached hydrogens (tertiary/aromatic N) is 4. The molecule has 1 aliphatic rings. The molecular weight excluding hydrogens is 496 g/mol. The molecule has 0 bridgehead atoms. The van der Waals surface area contributed by atoms with E-state index in [1.165, 1.54) is 16.9 Å². The van der Waals surface area contributed by atoms with Crippen LogP contribution in [-0.2, 0) is 14.6 Å². The largest absolute Gasteiger partial charge is 0.423 e. The predicted octanol–water partition coefficient (Wildman–Crippen LogP) is 2.73. The van der Waals surface area contributed by atoms with Crippen molar-refractivity contribution >= 4 is 38.7 Å². The van der Waals surface area contributed by atoms with Crippen molar-refractivity contribution in [1.82, 2.24) is 19.9 Å². The van der Waals surface area contributed by atoms with Gasteiger partial charge in [0.05, 0.1) is 16.9 Å². The molecule has 0 fully saturated rings. The molecule has 2 amide bonds. The average molecular weight is 519 g/mol. The van der Waals surface area contributed by atoms with Crippen LogP contribution in [-0.4, -0.2) is 64.1 Å². The number of carbonyl (C=O) groups is 3. The van der Waals surface area contributed by atoms with E-state index in [1.54, 1.807) is 42.5 Å². The molecule has 0 spiro atoms. The van der Waals surface area contributed by atoms with Gasteiger partial charge in [0.1, 0.15) is 32.6 Å². The zero-order valence-corrected chi connectivity index (χ0v) is 20.8. The summed E-state index contributed by atoms with van der Waals surface area (Å²) in [4.78, 5) is 41.8. The number of hydrogen-bond acceptors (Lipinski definition) is 8. The highest BCUT2D eigenvalue weighted by molar-refractivity contribution is 7.90. The van der Waals surface area contributed by atoms with Crippen LogP contribution in [0.2, 0.25) is 0 Å². The number of aryl methyl sites for hydroxylation is 1. The van der Waals surface area contributed by atoms with E-state index in [0.29, 0.717) is 16.7 Å². The van der Waals surface area contributed by atoms with E-state index in [-0.39, 0.29) is 23.3 Å². The third-order valence-corrected chi connectivity index (χ3v) is 6.98. The first-order valence-electron chi connectivity index (χ1n) is 11.4. The van der Waals surface area contributed by atoms with Crippen molar-refractivity contribution in [2.75, 3.05) is 12.0 Å². The fraction of sp³-hybridized carbons (Fsp3) is 0.192. The number of imide groups is 1. The molecule has 0 N–H and O–H groups in total. The summed E-state index contributed by atoms with van der Waals surface area (Å²) in [6, 6.07) is 17.0. The number of amides is 2. The van der Waals surface area contributed by atoms with Gasteiger partial charge in [0.2, 0.25) is 0 Å². The Labute approximate surface area is 212 Å². The Balaban J connectivity index is 1.51. The molecule has 37 heavy (non-hydrogen) atoms. The normalized spacial score (nSPS) is 14.2. The molecule has 188 valence electrons. The quantitative estimate of drug-likeness (QED) is 0.208. The maximum atomic E-state index is 13.5. The molecule has 11 heteroatoms. The molecule has 1 aromatic heterocycles. The fourth-order valence-corrected chi connectivity index (χ4v) is 4.83. The summed E-state index contributed by atoms with van der Waals surface area (Å²) in [5.41, 5.74) is 2.79. The van der Waals surface area contributed by atoms with Gasteiger partial charge in [-0.2, -0.15) is 0 Å². The molecule has 5 rings (SSSR count). The van der Waals surface area contributed by atoms with Crippen LogP contribution in [0.25, 0.3) is 16.7 Å². The van der Waals surface area contributed by atoms with E-state index in [2.05, 4.69) is 10.2 Å². The minimum Gasteiger partial charge on any atom is -0.423 e. The van der Waals surface area contributed by atoms with E-state index < -0.39 is 39.4 Å². The minimum absolute atomic E-state index is 0.0943. The SMILES string of the molecule is Cc1ccc(OC(=O)C(CCS(C)(=O)=O)N2C(=O)c3ccccc3C2=O)c(-n2nc3ccccc3n2)c1. The van der Waals surface area contributed by atoms with E-state index in [1.807, 2.05) is 19.1 Å². The average Bonchev–Trinajstić information content (AvgIpc) is 3.40. The Kier molecular flexibility index (Phi) is 6.08. The first-order chi connectivity index (χ1) is 17.6. The molecule has 3 aromatic carbocycles. The van der Waals surface area contributed by atoms with Crippen LogP contribution in [0, 0.1) is 6.92 Å². The van der Waals surface area contributed by atoms with Crippen molar-refractivity contribution in [2.24, 2.45) is 0 Å². The Morgan fingerprint density at radius 2 is 1.49 bits per heavy atom. The summed E-state index contributed by atoms with van der Waals surface area (Å²) in [6.07, 6.45) is 0.706. The molecule has 0 saturated heterocycles. The number of rotatable bonds is 7.